The molecule has 1 unspecified atom stereocenters. The summed E-state index contributed by atoms with van der Waals surface area (Å²) in [5.41, 5.74) is 2.65. The van der Waals surface area contributed by atoms with E-state index in [2.05, 4.69) is 33.8 Å². The highest BCUT2D eigenvalue weighted by molar-refractivity contribution is 5.56. The highest BCUT2D eigenvalue weighted by atomic mass is 15.2. The number of nitrogens with zero attached hydrogens (tertiary/aromatic N) is 3. The Balaban J connectivity index is 2.05. The van der Waals surface area contributed by atoms with Crippen molar-refractivity contribution in [3.8, 4) is 6.07 Å². The molecule has 5 heteroatoms. The summed E-state index contributed by atoms with van der Waals surface area (Å²) in [4.78, 5) is 0. The number of hydrogen-bond donors (Lipinski definition) is 2. The summed E-state index contributed by atoms with van der Waals surface area (Å²) in [6.45, 7) is 7.19. The van der Waals surface area contributed by atoms with E-state index in [-0.39, 0.29) is 0 Å². The maximum Gasteiger partial charge on any atom is 0.166 e. The number of aryl methyl sites for hydroxylation is 1. The Morgan fingerprint density at radius 1 is 1.35 bits per heavy atom. The van der Waals surface area contributed by atoms with Crippen LogP contribution in [0.4, 0.5) is 5.82 Å². The van der Waals surface area contributed by atoms with Crippen LogP contribution < -0.4 is 10.6 Å². The highest BCUT2D eigenvalue weighted by Gasteiger charge is 2.16. The van der Waals surface area contributed by atoms with Crippen molar-refractivity contribution in [2.45, 2.75) is 39.5 Å². The molecule has 20 heavy (non-hydrogen) atoms. The van der Waals surface area contributed by atoms with Crippen molar-refractivity contribution in [1.29, 1.82) is 5.26 Å². The minimum atomic E-state index is 0.646. The Bertz CT molecular complexity index is 486. The molecule has 2 heterocycles. The van der Waals surface area contributed by atoms with Crippen LogP contribution in [0.25, 0.3) is 0 Å². The lowest BCUT2D eigenvalue weighted by Gasteiger charge is -2.13. The number of nitrogens with one attached hydrogen (secondary N) is 2. The highest BCUT2D eigenvalue weighted by Crippen LogP contribution is 2.20. The Kier molecular flexibility index (Phi) is 5.31. The Hall–Kier alpha value is -1.67. The smallest absolute Gasteiger partial charge is 0.166 e. The van der Waals surface area contributed by atoms with Gasteiger partial charge >= 0.3 is 0 Å². The van der Waals surface area contributed by atoms with Crippen LogP contribution in [0.1, 0.15) is 43.5 Å². The molecule has 0 spiro atoms. The number of nitriles is 1. The molecule has 1 aromatic rings. The van der Waals surface area contributed by atoms with Gasteiger partial charge in [0.25, 0.3) is 0 Å². The zero-order chi connectivity index (χ0) is 14.4. The monoisotopic (exact) mass is 273 g/mol. The fraction of sp³-hybridized carbons (Fsp3) is 0.667. The molecule has 5 nitrogen and oxygen atoms in total. The van der Waals surface area contributed by atoms with E-state index in [0.717, 1.165) is 56.1 Å². The minimum absolute atomic E-state index is 0.646. The van der Waals surface area contributed by atoms with Crippen molar-refractivity contribution < 1.29 is 0 Å². The maximum absolute atomic E-state index is 9.39. The van der Waals surface area contributed by atoms with Crippen LogP contribution in [0.3, 0.4) is 0 Å². The molecule has 1 aliphatic rings. The molecule has 108 valence electrons. The molecule has 1 atom stereocenters. The molecule has 0 bridgehead atoms. The van der Waals surface area contributed by atoms with Crippen LogP contribution in [-0.4, -0.2) is 29.8 Å². The Labute approximate surface area is 120 Å². The van der Waals surface area contributed by atoms with Crippen molar-refractivity contribution in [2.75, 3.05) is 25.0 Å². The molecule has 0 saturated carbocycles. The van der Waals surface area contributed by atoms with E-state index in [4.69, 9.17) is 0 Å². The second kappa shape index (κ2) is 7.20. The van der Waals surface area contributed by atoms with Crippen LogP contribution in [-0.2, 0) is 12.8 Å². The van der Waals surface area contributed by atoms with E-state index in [1.54, 1.807) is 0 Å². The zero-order valence-electron chi connectivity index (χ0n) is 12.4. The lowest BCUT2D eigenvalue weighted by Crippen LogP contribution is -2.15. The standard InChI is InChI=1S/C15H23N5/c1-3-12-13(9-16)15(20-19-14(12)4-2)18-8-6-11-5-7-17-10-11/h11,17H,3-8,10H2,1-2H3,(H,18,20). The van der Waals surface area contributed by atoms with Gasteiger partial charge < -0.3 is 10.6 Å². The number of aromatic nitrogens is 2. The van der Waals surface area contributed by atoms with Crippen molar-refractivity contribution in [3.05, 3.63) is 16.8 Å². The molecule has 1 saturated heterocycles. The summed E-state index contributed by atoms with van der Waals surface area (Å²) in [5.74, 6) is 1.38. The summed E-state index contributed by atoms with van der Waals surface area (Å²) in [5, 5.41) is 24.5. The second-order valence-corrected chi connectivity index (χ2v) is 5.24. The van der Waals surface area contributed by atoms with Crippen molar-refractivity contribution in [2.24, 2.45) is 5.92 Å². The Morgan fingerprint density at radius 2 is 2.20 bits per heavy atom. The molecule has 1 fully saturated rings. The fourth-order valence-electron chi connectivity index (χ4n) is 2.77. The van der Waals surface area contributed by atoms with Gasteiger partial charge in [-0.25, -0.2) is 0 Å². The lowest BCUT2D eigenvalue weighted by atomic mass is 10.0. The first-order valence-corrected chi connectivity index (χ1v) is 7.53. The first-order valence-electron chi connectivity index (χ1n) is 7.53. The first-order chi connectivity index (χ1) is 9.80. The molecule has 1 aromatic heterocycles. The molecule has 0 aliphatic carbocycles. The summed E-state index contributed by atoms with van der Waals surface area (Å²) in [6, 6.07) is 2.29. The van der Waals surface area contributed by atoms with Gasteiger partial charge in [0.15, 0.2) is 5.82 Å². The van der Waals surface area contributed by atoms with Crippen molar-refractivity contribution in [3.63, 3.8) is 0 Å². The number of hydrogen-bond acceptors (Lipinski definition) is 5. The van der Waals surface area contributed by atoms with Crippen LogP contribution in [0, 0.1) is 17.2 Å². The van der Waals surface area contributed by atoms with Crippen molar-refractivity contribution >= 4 is 5.82 Å². The van der Waals surface area contributed by atoms with E-state index >= 15 is 0 Å². The minimum Gasteiger partial charge on any atom is -0.367 e. The summed E-state index contributed by atoms with van der Waals surface area (Å²) in [6.07, 6.45) is 3.99. The molecule has 2 rings (SSSR count). The fourth-order valence-corrected chi connectivity index (χ4v) is 2.77. The lowest BCUT2D eigenvalue weighted by molar-refractivity contribution is 0.548. The summed E-state index contributed by atoms with van der Waals surface area (Å²) >= 11 is 0. The quantitative estimate of drug-likeness (QED) is 0.828. The van der Waals surface area contributed by atoms with Crippen LogP contribution in [0.2, 0.25) is 0 Å². The normalized spacial score (nSPS) is 17.9. The molecule has 2 N–H and O–H groups in total. The zero-order valence-corrected chi connectivity index (χ0v) is 12.4. The van der Waals surface area contributed by atoms with Gasteiger partial charge in [0.2, 0.25) is 0 Å². The summed E-state index contributed by atoms with van der Waals surface area (Å²) < 4.78 is 0. The number of rotatable bonds is 6. The molecule has 0 radical (unpaired) electrons. The van der Waals surface area contributed by atoms with E-state index < -0.39 is 0 Å². The topological polar surface area (TPSA) is 73.6 Å². The predicted octanol–water partition coefficient (Wildman–Crippen LogP) is 1.88. The SMILES string of the molecule is CCc1nnc(NCCC2CCNC2)c(C#N)c1CC. The van der Waals surface area contributed by atoms with Gasteiger partial charge in [0.05, 0.1) is 5.69 Å². The van der Waals surface area contributed by atoms with Crippen LogP contribution >= 0.6 is 0 Å². The molecular weight excluding hydrogens is 250 g/mol. The van der Waals surface area contributed by atoms with Gasteiger partial charge in [-0.05, 0) is 50.3 Å². The largest absolute Gasteiger partial charge is 0.367 e. The van der Waals surface area contributed by atoms with E-state index in [9.17, 15) is 5.26 Å². The molecule has 0 amide bonds. The van der Waals surface area contributed by atoms with Gasteiger partial charge in [-0.3, -0.25) is 0 Å². The van der Waals surface area contributed by atoms with Gasteiger partial charge in [-0.1, -0.05) is 13.8 Å². The van der Waals surface area contributed by atoms with Crippen LogP contribution in [0.15, 0.2) is 0 Å². The average Bonchev–Trinajstić information content (AvgIpc) is 2.99. The molecule has 0 aromatic carbocycles. The third-order valence-corrected chi connectivity index (χ3v) is 3.97. The van der Waals surface area contributed by atoms with Gasteiger partial charge in [-0.2, -0.15) is 10.4 Å². The van der Waals surface area contributed by atoms with Gasteiger partial charge in [-0.15, -0.1) is 5.10 Å². The average molecular weight is 273 g/mol. The maximum atomic E-state index is 9.39. The third kappa shape index (κ3) is 3.26. The third-order valence-electron chi connectivity index (χ3n) is 3.97. The molecular formula is C15H23N5. The van der Waals surface area contributed by atoms with Crippen LogP contribution in [0.5, 0.6) is 0 Å². The second-order valence-electron chi connectivity index (χ2n) is 5.24. The van der Waals surface area contributed by atoms with E-state index in [1.807, 2.05) is 6.92 Å². The van der Waals surface area contributed by atoms with Gasteiger partial charge in [0.1, 0.15) is 11.6 Å². The number of anilines is 1. The van der Waals surface area contributed by atoms with Crippen molar-refractivity contribution in [1.82, 2.24) is 15.5 Å². The molecule has 1 aliphatic heterocycles. The van der Waals surface area contributed by atoms with Gasteiger partial charge in [0, 0.05) is 6.54 Å². The van der Waals surface area contributed by atoms with E-state index in [1.165, 1.54) is 6.42 Å². The summed E-state index contributed by atoms with van der Waals surface area (Å²) in [7, 11) is 0. The van der Waals surface area contributed by atoms with E-state index in [0.29, 0.717) is 11.4 Å². The predicted molar refractivity (Wildman–Crippen MR) is 79.6 cm³/mol. The first kappa shape index (κ1) is 14.7. The Morgan fingerprint density at radius 3 is 2.80 bits per heavy atom.